The molecule has 16 heavy (non-hydrogen) atoms. The van der Waals surface area contributed by atoms with Gasteiger partial charge in [-0.25, -0.2) is 0 Å². The van der Waals surface area contributed by atoms with Gasteiger partial charge < -0.3 is 15.6 Å². The molecule has 1 aliphatic rings. The van der Waals surface area contributed by atoms with Crippen molar-refractivity contribution in [1.82, 2.24) is 9.78 Å². The number of rotatable bonds is 1. The van der Waals surface area contributed by atoms with E-state index in [0.29, 0.717) is 18.8 Å². The number of nitrogens with two attached hydrogens (primary N) is 1. The second-order valence-electron chi connectivity index (χ2n) is 5.29. The van der Waals surface area contributed by atoms with E-state index >= 15 is 0 Å². The highest BCUT2D eigenvalue weighted by atomic mass is 16.5. The molecule has 0 aliphatic carbocycles. The number of aliphatic hydroxyl groups excluding tert-OH is 1. The Morgan fingerprint density at radius 1 is 1.56 bits per heavy atom. The lowest BCUT2D eigenvalue weighted by Crippen LogP contribution is -2.26. The Morgan fingerprint density at radius 3 is 2.75 bits per heavy atom. The molecule has 5 heteroatoms. The van der Waals surface area contributed by atoms with Crippen molar-refractivity contribution in [2.75, 3.05) is 12.3 Å². The number of nitrogen functional groups attached to an aromatic ring is 1. The maximum Gasteiger partial charge on any atom is 0.145 e. The van der Waals surface area contributed by atoms with Crippen molar-refractivity contribution in [3.05, 3.63) is 11.8 Å². The molecular formula is C11H19N3O2. The van der Waals surface area contributed by atoms with Gasteiger partial charge in [-0.05, 0) is 20.8 Å². The Hall–Kier alpha value is -1.07. The van der Waals surface area contributed by atoms with Crippen molar-refractivity contribution >= 4 is 5.82 Å². The van der Waals surface area contributed by atoms with Crippen LogP contribution in [0.3, 0.4) is 0 Å². The lowest BCUT2D eigenvalue weighted by molar-refractivity contribution is 0.0814. The first kappa shape index (κ1) is 11.4. The van der Waals surface area contributed by atoms with Crippen LogP contribution >= 0.6 is 0 Å². The molecule has 2 atom stereocenters. The summed E-state index contributed by atoms with van der Waals surface area (Å²) in [6, 6.07) is 1.83. The summed E-state index contributed by atoms with van der Waals surface area (Å²) in [5.74, 6) is 0.495. The van der Waals surface area contributed by atoms with Gasteiger partial charge in [0.1, 0.15) is 11.9 Å². The summed E-state index contributed by atoms with van der Waals surface area (Å²) in [5.41, 5.74) is 6.54. The van der Waals surface area contributed by atoms with Crippen LogP contribution in [0.5, 0.6) is 0 Å². The Morgan fingerprint density at radius 2 is 2.25 bits per heavy atom. The predicted octanol–water partition coefficient (Wildman–Crippen LogP) is 1.04. The third-order valence-corrected chi connectivity index (χ3v) is 2.70. The Bertz CT molecular complexity index is 381. The maximum atomic E-state index is 9.48. The highest BCUT2D eigenvalue weighted by Crippen LogP contribution is 2.32. The first-order valence-electron chi connectivity index (χ1n) is 5.53. The van der Waals surface area contributed by atoms with Crippen molar-refractivity contribution < 1.29 is 9.84 Å². The lowest BCUT2D eigenvalue weighted by Gasteiger charge is -2.24. The Balaban J connectivity index is 2.33. The molecule has 5 nitrogen and oxygen atoms in total. The van der Waals surface area contributed by atoms with Gasteiger partial charge in [-0.3, -0.25) is 4.68 Å². The van der Waals surface area contributed by atoms with E-state index in [9.17, 15) is 5.11 Å². The lowest BCUT2D eigenvalue weighted by atomic mass is 10.1. The topological polar surface area (TPSA) is 73.3 Å². The number of hydrogen-bond acceptors (Lipinski definition) is 4. The Labute approximate surface area is 95.2 Å². The van der Waals surface area contributed by atoms with E-state index in [0.717, 1.165) is 5.69 Å². The smallest absolute Gasteiger partial charge is 0.145 e. The van der Waals surface area contributed by atoms with E-state index in [2.05, 4.69) is 25.9 Å². The molecule has 2 heterocycles. The molecule has 3 N–H and O–H groups in total. The molecule has 1 unspecified atom stereocenters. The second-order valence-corrected chi connectivity index (χ2v) is 5.29. The van der Waals surface area contributed by atoms with Crippen LogP contribution in [0.4, 0.5) is 5.82 Å². The van der Waals surface area contributed by atoms with E-state index < -0.39 is 0 Å². The van der Waals surface area contributed by atoms with Gasteiger partial charge >= 0.3 is 0 Å². The van der Waals surface area contributed by atoms with Gasteiger partial charge in [-0.2, -0.15) is 5.10 Å². The molecule has 1 aliphatic heterocycles. The molecule has 1 aromatic heterocycles. The molecule has 0 bridgehead atoms. The normalized spacial score (nSPS) is 26.2. The summed E-state index contributed by atoms with van der Waals surface area (Å²) in [6.45, 7) is 6.58. The van der Waals surface area contributed by atoms with Crippen molar-refractivity contribution in [3.63, 3.8) is 0 Å². The molecule has 0 aromatic carbocycles. The van der Waals surface area contributed by atoms with Crippen LogP contribution < -0.4 is 5.73 Å². The average molecular weight is 225 g/mol. The number of hydrogen-bond donors (Lipinski definition) is 2. The van der Waals surface area contributed by atoms with Crippen LogP contribution in [0.25, 0.3) is 0 Å². The van der Waals surface area contributed by atoms with E-state index in [-0.39, 0.29) is 17.7 Å². The third kappa shape index (κ3) is 2.05. The SMILES string of the molecule is CC(C)(C)n1nc(N)cc1C1C[C@@H](O)CO1. The van der Waals surface area contributed by atoms with Crippen LogP contribution in [-0.4, -0.2) is 27.6 Å². The summed E-state index contributed by atoms with van der Waals surface area (Å²) in [7, 11) is 0. The summed E-state index contributed by atoms with van der Waals surface area (Å²) in [5, 5.41) is 13.8. The van der Waals surface area contributed by atoms with Crippen LogP contribution in [0.15, 0.2) is 6.07 Å². The van der Waals surface area contributed by atoms with Crippen molar-refractivity contribution in [3.8, 4) is 0 Å². The highest BCUT2D eigenvalue weighted by molar-refractivity contribution is 5.31. The summed E-state index contributed by atoms with van der Waals surface area (Å²) in [6.07, 6.45) is 0.134. The van der Waals surface area contributed by atoms with Crippen LogP contribution in [-0.2, 0) is 10.3 Å². The maximum absolute atomic E-state index is 9.48. The summed E-state index contributed by atoms with van der Waals surface area (Å²) >= 11 is 0. The molecule has 1 saturated heterocycles. The van der Waals surface area contributed by atoms with Crippen molar-refractivity contribution in [2.45, 2.75) is 44.9 Å². The molecule has 0 saturated carbocycles. The number of aromatic nitrogens is 2. The largest absolute Gasteiger partial charge is 0.391 e. The third-order valence-electron chi connectivity index (χ3n) is 2.70. The molecule has 0 radical (unpaired) electrons. The van der Waals surface area contributed by atoms with Crippen LogP contribution in [0, 0.1) is 0 Å². The van der Waals surface area contributed by atoms with E-state index in [1.165, 1.54) is 0 Å². The van der Waals surface area contributed by atoms with Gasteiger partial charge in [0.2, 0.25) is 0 Å². The van der Waals surface area contributed by atoms with Crippen molar-refractivity contribution in [2.24, 2.45) is 0 Å². The van der Waals surface area contributed by atoms with Crippen LogP contribution in [0.1, 0.15) is 39.0 Å². The standard InChI is InChI=1S/C11H19N3O2/c1-11(2,3)14-8(5-10(12)13-14)9-4-7(15)6-16-9/h5,7,9,15H,4,6H2,1-3H3,(H2,12,13)/t7-,9?/m1/s1. The predicted molar refractivity (Wildman–Crippen MR) is 61.0 cm³/mol. The molecule has 0 amide bonds. The molecular weight excluding hydrogens is 206 g/mol. The molecule has 1 fully saturated rings. The average Bonchev–Trinajstić information content (AvgIpc) is 2.70. The van der Waals surface area contributed by atoms with Gasteiger partial charge in [0, 0.05) is 12.5 Å². The first-order chi connectivity index (χ1) is 7.38. The van der Waals surface area contributed by atoms with Crippen molar-refractivity contribution in [1.29, 1.82) is 0 Å². The number of ether oxygens (including phenoxy) is 1. The highest BCUT2D eigenvalue weighted by Gasteiger charge is 2.31. The van der Waals surface area contributed by atoms with Gasteiger partial charge in [0.25, 0.3) is 0 Å². The zero-order chi connectivity index (χ0) is 11.9. The Kier molecular flexibility index (Phi) is 2.67. The summed E-state index contributed by atoms with van der Waals surface area (Å²) in [4.78, 5) is 0. The number of aliphatic hydroxyl groups is 1. The molecule has 0 spiro atoms. The minimum Gasteiger partial charge on any atom is -0.391 e. The fourth-order valence-electron chi connectivity index (χ4n) is 2.00. The number of nitrogens with zero attached hydrogens (tertiary/aromatic N) is 2. The fraction of sp³-hybridized carbons (Fsp3) is 0.727. The van der Waals surface area contributed by atoms with E-state index in [1.807, 2.05) is 10.7 Å². The molecule has 1 aromatic rings. The minimum atomic E-state index is -0.380. The zero-order valence-electron chi connectivity index (χ0n) is 9.97. The second kappa shape index (κ2) is 3.75. The first-order valence-corrected chi connectivity index (χ1v) is 5.53. The van der Waals surface area contributed by atoms with Gasteiger partial charge in [0.15, 0.2) is 0 Å². The van der Waals surface area contributed by atoms with Gasteiger partial charge in [0.05, 0.1) is 23.9 Å². The van der Waals surface area contributed by atoms with Gasteiger partial charge in [-0.15, -0.1) is 0 Å². The summed E-state index contributed by atoms with van der Waals surface area (Å²) < 4.78 is 7.41. The molecule has 2 rings (SSSR count). The van der Waals surface area contributed by atoms with Gasteiger partial charge in [-0.1, -0.05) is 0 Å². The van der Waals surface area contributed by atoms with E-state index in [1.54, 1.807) is 0 Å². The fourth-order valence-corrected chi connectivity index (χ4v) is 2.00. The van der Waals surface area contributed by atoms with E-state index in [4.69, 9.17) is 10.5 Å². The van der Waals surface area contributed by atoms with Crippen LogP contribution in [0.2, 0.25) is 0 Å². The molecule has 90 valence electrons. The quantitative estimate of drug-likeness (QED) is 0.749. The number of anilines is 1. The minimum absolute atomic E-state index is 0.0981. The monoisotopic (exact) mass is 225 g/mol. The zero-order valence-corrected chi connectivity index (χ0v) is 9.97.